The largest absolute Gasteiger partial charge is 0.573 e. The molecule has 180 valence electrons. The van der Waals surface area contributed by atoms with Crippen molar-refractivity contribution in [1.82, 2.24) is 10.3 Å². The summed E-state index contributed by atoms with van der Waals surface area (Å²) in [5.74, 6) is -0.436. The van der Waals surface area contributed by atoms with Crippen molar-refractivity contribution in [2.75, 3.05) is 6.61 Å². The van der Waals surface area contributed by atoms with Crippen molar-refractivity contribution >= 4 is 11.8 Å². The minimum Gasteiger partial charge on any atom is -0.484 e. The van der Waals surface area contributed by atoms with Gasteiger partial charge in [-0.05, 0) is 43.0 Å². The maximum absolute atomic E-state index is 12.2. The number of alkyl halides is 3. The highest BCUT2D eigenvalue weighted by Gasteiger charge is 2.31. The number of carbonyl (C=O) groups excluding carboxylic acids is 2. The Morgan fingerprint density at radius 1 is 1.18 bits per heavy atom. The zero-order chi connectivity index (χ0) is 24.0. The van der Waals surface area contributed by atoms with Crippen LogP contribution >= 0.6 is 0 Å². The Kier molecular flexibility index (Phi) is 7.83. The van der Waals surface area contributed by atoms with Crippen LogP contribution in [0.2, 0.25) is 0 Å². The Balaban J connectivity index is 1.53. The SMILES string of the molecule is C[C@H](c1oc(CNC(=O)COc2ccc(OC(F)(F)F)cc2)nc1C(N)=O)C1CCCCC1. The average molecular weight is 469 g/mol. The van der Waals surface area contributed by atoms with E-state index in [0.29, 0.717) is 11.7 Å². The van der Waals surface area contributed by atoms with E-state index in [4.69, 9.17) is 14.9 Å². The molecule has 1 saturated carbocycles. The third-order valence-corrected chi connectivity index (χ3v) is 5.57. The summed E-state index contributed by atoms with van der Waals surface area (Å²) in [6.45, 7) is 1.54. The van der Waals surface area contributed by atoms with Crippen LogP contribution in [0.4, 0.5) is 13.2 Å². The number of nitrogens with zero attached hydrogens (tertiary/aromatic N) is 1. The second-order valence-corrected chi connectivity index (χ2v) is 7.96. The number of oxazole rings is 1. The molecule has 1 aliphatic rings. The van der Waals surface area contributed by atoms with Crippen molar-refractivity contribution in [3.8, 4) is 11.5 Å². The molecule has 3 rings (SSSR count). The molecule has 1 heterocycles. The van der Waals surface area contributed by atoms with E-state index in [9.17, 15) is 22.8 Å². The Morgan fingerprint density at radius 3 is 2.42 bits per heavy atom. The number of hydrogen-bond acceptors (Lipinski definition) is 6. The van der Waals surface area contributed by atoms with Crippen molar-refractivity contribution < 1.29 is 36.7 Å². The fraction of sp³-hybridized carbons (Fsp3) is 0.500. The Bertz CT molecular complexity index is 953. The molecular weight excluding hydrogens is 443 g/mol. The van der Waals surface area contributed by atoms with Gasteiger partial charge in [0.1, 0.15) is 17.3 Å². The molecule has 1 aromatic heterocycles. The lowest BCUT2D eigenvalue weighted by Gasteiger charge is -2.26. The van der Waals surface area contributed by atoms with Gasteiger partial charge in [0.15, 0.2) is 12.3 Å². The minimum absolute atomic E-state index is 0.0163. The molecule has 1 aliphatic carbocycles. The molecule has 1 aromatic carbocycles. The van der Waals surface area contributed by atoms with Gasteiger partial charge in [-0.3, -0.25) is 9.59 Å². The van der Waals surface area contributed by atoms with Gasteiger partial charge in [-0.25, -0.2) is 4.98 Å². The number of benzene rings is 1. The number of primary amides is 1. The lowest BCUT2D eigenvalue weighted by molar-refractivity contribution is -0.274. The smallest absolute Gasteiger partial charge is 0.484 e. The average Bonchev–Trinajstić information content (AvgIpc) is 3.21. The third kappa shape index (κ3) is 7.13. The fourth-order valence-electron chi connectivity index (χ4n) is 3.90. The highest BCUT2D eigenvalue weighted by atomic mass is 19.4. The van der Waals surface area contributed by atoms with Gasteiger partial charge in [-0.1, -0.05) is 26.2 Å². The first kappa shape index (κ1) is 24.4. The monoisotopic (exact) mass is 469 g/mol. The number of ether oxygens (including phenoxy) is 2. The van der Waals surface area contributed by atoms with Gasteiger partial charge in [0, 0.05) is 5.92 Å². The van der Waals surface area contributed by atoms with E-state index in [0.717, 1.165) is 37.8 Å². The summed E-state index contributed by atoms with van der Waals surface area (Å²) >= 11 is 0. The summed E-state index contributed by atoms with van der Waals surface area (Å²) in [6, 6.07) is 4.66. The number of rotatable bonds is 9. The van der Waals surface area contributed by atoms with Crippen molar-refractivity contribution in [2.45, 2.75) is 57.9 Å². The van der Waals surface area contributed by atoms with Gasteiger partial charge in [0.2, 0.25) is 5.89 Å². The molecule has 0 unspecified atom stereocenters. The van der Waals surface area contributed by atoms with Crippen molar-refractivity contribution in [2.24, 2.45) is 11.7 Å². The van der Waals surface area contributed by atoms with E-state index in [1.165, 1.54) is 18.6 Å². The van der Waals surface area contributed by atoms with Crippen LogP contribution in [0.5, 0.6) is 11.5 Å². The Hall–Kier alpha value is -3.24. The standard InChI is InChI=1S/C22H26F3N3O5/c1-13(14-5-3-2-4-6-14)20-19(21(26)30)28-18(32-20)11-27-17(29)12-31-15-7-9-16(10-8-15)33-22(23,24)25/h7-10,13-14H,2-6,11-12H2,1H3,(H2,26,30)(H,27,29)/t13-/m0/s1. The van der Waals surface area contributed by atoms with Crippen LogP contribution in [0.15, 0.2) is 28.7 Å². The third-order valence-electron chi connectivity index (χ3n) is 5.57. The van der Waals surface area contributed by atoms with Crippen LogP contribution in [0.1, 0.15) is 67.1 Å². The van der Waals surface area contributed by atoms with Gasteiger partial charge in [-0.2, -0.15) is 0 Å². The predicted octanol–water partition coefficient (Wildman–Crippen LogP) is 4.05. The lowest BCUT2D eigenvalue weighted by atomic mass is 9.79. The summed E-state index contributed by atoms with van der Waals surface area (Å²) < 4.78 is 51.4. The van der Waals surface area contributed by atoms with Gasteiger partial charge in [-0.15, -0.1) is 13.2 Å². The van der Waals surface area contributed by atoms with E-state index in [1.54, 1.807) is 0 Å². The molecule has 0 spiro atoms. The first-order valence-corrected chi connectivity index (χ1v) is 10.7. The molecular formula is C22H26F3N3O5. The van der Waals surface area contributed by atoms with E-state index in [1.807, 2.05) is 6.92 Å². The van der Waals surface area contributed by atoms with Gasteiger partial charge >= 0.3 is 6.36 Å². The second kappa shape index (κ2) is 10.6. The fourth-order valence-corrected chi connectivity index (χ4v) is 3.90. The van der Waals surface area contributed by atoms with Crippen LogP contribution in [-0.2, 0) is 11.3 Å². The quantitative estimate of drug-likeness (QED) is 0.572. The summed E-state index contributed by atoms with van der Waals surface area (Å²) in [6.07, 6.45) is 0.781. The van der Waals surface area contributed by atoms with E-state index in [-0.39, 0.29) is 36.4 Å². The topological polar surface area (TPSA) is 117 Å². The second-order valence-electron chi connectivity index (χ2n) is 7.96. The zero-order valence-electron chi connectivity index (χ0n) is 18.1. The molecule has 1 fully saturated rings. The van der Waals surface area contributed by atoms with Crippen LogP contribution in [0.3, 0.4) is 0 Å². The highest BCUT2D eigenvalue weighted by Crippen LogP contribution is 2.37. The number of hydrogen-bond donors (Lipinski definition) is 2. The van der Waals surface area contributed by atoms with E-state index < -0.39 is 23.9 Å². The first-order chi connectivity index (χ1) is 15.6. The number of nitrogens with one attached hydrogen (secondary N) is 1. The molecule has 8 nitrogen and oxygen atoms in total. The first-order valence-electron chi connectivity index (χ1n) is 10.7. The number of halogens is 3. The van der Waals surface area contributed by atoms with Gasteiger partial charge in [0.05, 0.1) is 6.54 Å². The van der Waals surface area contributed by atoms with Crippen LogP contribution in [-0.4, -0.2) is 29.8 Å². The van der Waals surface area contributed by atoms with Crippen LogP contribution < -0.4 is 20.5 Å². The minimum atomic E-state index is -4.79. The molecule has 1 atom stereocenters. The molecule has 2 amide bonds. The maximum Gasteiger partial charge on any atom is 0.573 e. The van der Waals surface area contributed by atoms with E-state index in [2.05, 4.69) is 15.0 Å². The highest BCUT2D eigenvalue weighted by molar-refractivity contribution is 5.92. The predicted molar refractivity (Wildman–Crippen MR) is 110 cm³/mol. The normalized spacial score (nSPS) is 15.6. The summed E-state index contributed by atoms with van der Waals surface area (Å²) in [5.41, 5.74) is 5.55. The molecule has 2 aromatic rings. The Labute approximate surface area is 188 Å². The van der Waals surface area contributed by atoms with Gasteiger partial charge < -0.3 is 24.9 Å². The molecule has 11 heteroatoms. The number of nitrogens with two attached hydrogens (primary N) is 1. The molecule has 3 N–H and O–H groups in total. The molecule has 0 saturated heterocycles. The lowest BCUT2D eigenvalue weighted by Crippen LogP contribution is -2.28. The van der Waals surface area contributed by atoms with Gasteiger partial charge in [0.25, 0.3) is 11.8 Å². The zero-order valence-corrected chi connectivity index (χ0v) is 18.1. The Morgan fingerprint density at radius 2 is 1.82 bits per heavy atom. The molecule has 0 radical (unpaired) electrons. The summed E-state index contributed by atoms with van der Waals surface area (Å²) in [4.78, 5) is 28.1. The maximum atomic E-state index is 12.2. The number of aromatic nitrogens is 1. The molecule has 0 aliphatic heterocycles. The number of amides is 2. The van der Waals surface area contributed by atoms with E-state index >= 15 is 0 Å². The summed E-state index contributed by atoms with van der Waals surface area (Å²) in [7, 11) is 0. The molecule has 0 bridgehead atoms. The molecule has 33 heavy (non-hydrogen) atoms. The van der Waals surface area contributed by atoms with Crippen molar-refractivity contribution in [1.29, 1.82) is 0 Å². The number of carbonyl (C=O) groups is 2. The van der Waals surface area contributed by atoms with Crippen LogP contribution in [0.25, 0.3) is 0 Å². The van der Waals surface area contributed by atoms with Crippen molar-refractivity contribution in [3.63, 3.8) is 0 Å². The van der Waals surface area contributed by atoms with Crippen LogP contribution in [0, 0.1) is 5.92 Å². The van der Waals surface area contributed by atoms with Crippen molar-refractivity contribution in [3.05, 3.63) is 41.6 Å². The summed E-state index contributed by atoms with van der Waals surface area (Å²) in [5, 5.41) is 2.56.